The average Bonchev–Trinajstić information content (AvgIpc) is 2.26. The molecule has 0 aromatic carbocycles. The van der Waals surface area contributed by atoms with E-state index in [-0.39, 0.29) is 0 Å². The summed E-state index contributed by atoms with van der Waals surface area (Å²) in [6.45, 7) is 9.17. The Hall–Kier alpha value is -1.84. The molecular weight excluding hydrogens is 228 g/mol. The normalized spacial score (nSPS) is 10.9. The summed E-state index contributed by atoms with van der Waals surface area (Å²) in [7, 11) is 1.65. The minimum Gasteiger partial charge on any atom is -0.443 e. The molecule has 4 nitrogen and oxygen atoms in total. The molecule has 98 valence electrons. The number of hydrogen-bond donors (Lipinski definition) is 0. The van der Waals surface area contributed by atoms with E-state index in [0.29, 0.717) is 12.2 Å². The Labute approximate surface area is 108 Å². The van der Waals surface area contributed by atoms with E-state index in [1.165, 1.54) is 4.90 Å². The van der Waals surface area contributed by atoms with E-state index in [1.54, 1.807) is 19.2 Å². The Balaban J connectivity index is 2.83. The Morgan fingerprint density at radius 2 is 2.17 bits per heavy atom. The molecule has 0 fully saturated rings. The quantitative estimate of drug-likeness (QED) is 0.771. The first-order chi connectivity index (χ1) is 8.33. The predicted octanol–water partition coefficient (Wildman–Crippen LogP) is 3.18. The summed E-state index contributed by atoms with van der Waals surface area (Å²) in [6, 6.07) is 5.53. The lowest BCUT2D eigenvalue weighted by atomic mass is 10.2. The Morgan fingerprint density at radius 3 is 2.72 bits per heavy atom. The molecule has 1 heterocycles. The van der Waals surface area contributed by atoms with Crippen LogP contribution in [0, 0.1) is 0 Å². The maximum absolute atomic E-state index is 11.9. The molecule has 0 bridgehead atoms. The van der Waals surface area contributed by atoms with Crippen LogP contribution in [0.3, 0.4) is 0 Å². The topological polar surface area (TPSA) is 42.4 Å². The van der Waals surface area contributed by atoms with Crippen molar-refractivity contribution in [2.45, 2.75) is 32.8 Å². The Bertz CT molecular complexity index is 436. The zero-order chi connectivity index (χ0) is 13.8. The maximum atomic E-state index is 11.9. The molecule has 0 saturated carbocycles. The summed E-state index contributed by atoms with van der Waals surface area (Å²) in [5.41, 5.74) is 0.363. The molecule has 4 heteroatoms. The van der Waals surface area contributed by atoms with E-state index < -0.39 is 11.7 Å². The van der Waals surface area contributed by atoms with Crippen LogP contribution in [0.25, 0.3) is 0 Å². The van der Waals surface area contributed by atoms with Crippen molar-refractivity contribution >= 4 is 11.9 Å². The van der Waals surface area contributed by atoms with Gasteiger partial charge in [-0.25, -0.2) is 9.78 Å². The summed E-state index contributed by atoms with van der Waals surface area (Å²) in [6.07, 6.45) is 2.04. The monoisotopic (exact) mass is 248 g/mol. The van der Waals surface area contributed by atoms with E-state index >= 15 is 0 Å². The molecule has 18 heavy (non-hydrogen) atoms. The van der Waals surface area contributed by atoms with Crippen molar-refractivity contribution in [2.24, 2.45) is 0 Å². The molecule has 0 N–H and O–H groups in total. The van der Waals surface area contributed by atoms with Crippen LogP contribution in [0.15, 0.2) is 30.9 Å². The molecule has 1 aromatic heterocycles. The van der Waals surface area contributed by atoms with Gasteiger partial charge in [0.2, 0.25) is 0 Å². The third kappa shape index (κ3) is 4.20. The minimum absolute atomic E-state index is 0.411. The largest absolute Gasteiger partial charge is 0.443 e. The SMILES string of the molecule is C=CCc1cccc(N(C)C(=O)OC(C)(C)C)n1. The minimum atomic E-state index is -0.510. The summed E-state index contributed by atoms with van der Waals surface area (Å²) in [5, 5.41) is 0. The number of carbonyl (C=O) groups is 1. The van der Waals surface area contributed by atoms with Gasteiger partial charge in [-0.1, -0.05) is 12.1 Å². The summed E-state index contributed by atoms with van der Waals surface area (Å²) < 4.78 is 5.28. The molecule has 0 aliphatic heterocycles. The molecule has 1 aromatic rings. The van der Waals surface area contributed by atoms with Gasteiger partial charge in [-0.15, -0.1) is 6.58 Å². The van der Waals surface area contributed by atoms with Crippen LogP contribution in [0.1, 0.15) is 26.5 Å². The molecule has 0 aliphatic carbocycles. The fourth-order valence-electron chi connectivity index (χ4n) is 1.34. The van der Waals surface area contributed by atoms with Gasteiger partial charge < -0.3 is 4.74 Å². The van der Waals surface area contributed by atoms with E-state index in [2.05, 4.69) is 11.6 Å². The second-order valence-corrected chi connectivity index (χ2v) is 5.02. The lowest BCUT2D eigenvalue weighted by Crippen LogP contribution is -2.34. The van der Waals surface area contributed by atoms with Gasteiger partial charge in [0.15, 0.2) is 0 Å². The third-order valence-electron chi connectivity index (χ3n) is 2.16. The van der Waals surface area contributed by atoms with Crippen LogP contribution in [0.4, 0.5) is 10.6 Å². The Morgan fingerprint density at radius 1 is 1.50 bits per heavy atom. The van der Waals surface area contributed by atoms with Gasteiger partial charge in [0.1, 0.15) is 11.4 Å². The fourth-order valence-corrected chi connectivity index (χ4v) is 1.34. The van der Waals surface area contributed by atoms with E-state index in [9.17, 15) is 4.79 Å². The predicted molar refractivity (Wildman–Crippen MR) is 72.8 cm³/mol. The highest BCUT2D eigenvalue weighted by molar-refractivity contribution is 5.85. The van der Waals surface area contributed by atoms with Crippen LogP contribution < -0.4 is 4.90 Å². The maximum Gasteiger partial charge on any atom is 0.415 e. The highest BCUT2D eigenvalue weighted by atomic mass is 16.6. The van der Waals surface area contributed by atoms with Gasteiger partial charge in [0.05, 0.1) is 0 Å². The number of hydrogen-bond acceptors (Lipinski definition) is 3. The average molecular weight is 248 g/mol. The first-order valence-electron chi connectivity index (χ1n) is 5.87. The molecule has 0 saturated heterocycles. The zero-order valence-corrected chi connectivity index (χ0v) is 11.4. The highest BCUT2D eigenvalue weighted by Crippen LogP contribution is 2.15. The fraction of sp³-hybridized carbons (Fsp3) is 0.429. The van der Waals surface area contributed by atoms with E-state index in [0.717, 1.165) is 5.69 Å². The lowest BCUT2D eigenvalue weighted by Gasteiger charge is -2.24. The smallest absolute Gasteiger partial charge is 0.415 e. The molecule has 0 aliphatic rings. The summed E-state index contributed by atoms with van der Waals surface area (Å²) in [5.74, 6) is 0.573. The number of carbonyl (C=O) groups excluding carboxylic acids is 1. The third-order valence-corrected chi connectivity index (χ3v) is 2.16. The first-order valence-corrected chi connectivity index (χ1v) is 5.87. The van der Waals surface area contributed by atoms with Crippen LogP contribution >= 0.6 is 0 Å². The molecule has 0 radical (unpaired) electrons. The van der Waals surface area contributed by atoms with Crippen molar-refractivity contribution in [2.75, 3.05) is 11.9 Å². The van der Waals surface area contributed by atoms with Crippen molar-refractivity contribution in [3.63, 3.8) is 0 Å². The van der Waals surface area contributed by atoms with E-state index in [4.69, 9.17) is 4.74 Å². The van der Waals surface area contributed by atoms with Gasteiger partial charge in [-0.2, -0.15) is 0 Å². The summed E-state index contributed by atoms with van der Waals surface area (Å²) in [4.78, 5) is 17.6. The molecule has 1 amide bonds. The second kappa shape index (κ2) is 5.67. The van der Waals surface area contributed by atoms with Crippen LogP contribution in [-0.2, 0) is 11.2 Å². The van der Waals surface area contributed by atoms with Gasteiger partial charge in [0.25, 0.3) is 0 Å². The number of ether oxygens (including phenoxy) is 1. The number of anilines is 1. The lowest BCUT2D eigenvalue weighted by molar-refractivity contribution is 0.0588. The number of allylic oxidation sites excluding steroid dienone is 1. The van der Waals surface area contributed by atoms with Crippen molar-refractivity contribution in [1.29, 1.82) is 0 Å². The van der Waals surface area contributed by atoms with Crippen LogP contribution in [0.5, 0.6) is 0 Å². The van der Waals surface area contributed by atoms with Crippen molar-refractivity contribution in [3.05, 3.63) is 36.5 Å². The van der Waals surface area contributed by atoms with Crippen LogP contribution in [-0.4, -0.2) is 23.7 Å². The van der Waals surface area contributed by atoms with Gasteiger partial charge in [-0.05, 0) is 32.9 Å². The number of aromatic nitrogens is 1. The van der Waals surface area contributed by atoms with Gasteiger partial charge >= 0.3 is 6.09 Å². The molecule has 0 spiro atoms. The van der Waals surface area contributed by atoms with Crippen molar-refractivity contribution in [1.82, 2.24) is 4.98 Å². The molecule has 1 rings (SSSR count). The molecule has 0 atom stereocenters. The number of nitrogens with zero attached hydrogens (tertiary/aromatic N) is 2. The standard InChI is InChI=1S/C14H20N2O2/c1-6-8-11-9-7-10-12(15-11)16(5)13(17)18-14(2,3)4/h6-7,9-10H,1,8H2,2-5H3. The second-order valence-electron chi connectivity index (χ2n) is 5.02. The van der Waals surface area contributed by atoms with Crippen LogP contribution in [0.2, 0.25) is 0 Å². The number of rotatable bonds is 3. The molecular formula is C14H20N2O2. The zero-order valence-electron chi connectivity index (χ0n) is 11.4. The first kappa shape index (κ1) is 14.2. The van der Waals surface area contributed by atoms with Gasteiger partial charge in [0, 0.05) is 19.2 Å². The van der Waals surface area contributed by atoms with Crippen molar-refractivity contribution < 1.29 is 9.53 Å². The number of amides is 1. The van der Waals surface area contributed by atoms with Crippen molar-refractivity contribution in [3.8, 4) is 0 Å². The van der Waals surface area contributed by atoms with E-state index in [1.807, 2.05) is 32.9 Å². The van der Waals surface area contributed by atoms with Gasteiger partial charge in [-0.3, -0.25) is 4.90 Å². The molecule has 0 unspecified atom stereocenters. The summed E-state index contributed by atoms with van der Waals surface area (Å²) >= 11 is 0. The Kier molecular flexibility index (Phi) is 4.48. The number of pyridine rings is 1. The highest BCUT2D eigenvalue weighted by Gasteiger charge is 2.21.